The molecule has 0 fully saturated rings. The second-order valence-corrected chi connectivity index (χ2v) is 7.68. The molecule has 0 saturated carbocycles. The van der Waals surface area contributed by atoms with Crippen molar-refractivity contribution >= 4 is 27.6 Å². The first-order chi connectivity index (χ1) is 12.9. The number of benzene rings is 2. The molecule has 0 spiro atoms. The second-order valence-electron chi connectivity index (χ2n) is 6.83. The normalized spacial score (nSPS) is 10.7. The lowest BCUT2D eigenvalue weighted by Gasteiger charge is -2.13. The monoisotopic (exact) mass is 425 g/mol. The number of halogens is 1. The van der Waals surface area contributed by atoms with Crippen LogP contribution in [-0.4, -0.2) is 10.6 Å². The third-order valence-corrected chi connectivity index (χ3v) is 5.50. The molecule has 140 valence electrons. The molecule has 0 radical (unpaired) electrons. The van der Waals surface area contributed by atoms with E-state index in [4.69, 9.17) is 0 Å². The van der Waals surface area contributed by atoms with Gasteiger partial charge < -0.3 is 15.2 Å². The zero-order chi connectivity index (χ0) is 19.4. The number of hydrogen-bond donors (Lipinski definition) is 2. The van der Waals surface area contributed by atoms with Crippen LogP contribution in [0.15, 0.2) is 59.2 Å². The van der Waals surface area contributed by atoms with Crippen LogP contribution in [0.4, 0.5) is 10.5 Å². The Hall–Kier alpha value is -2.53. The quantitative estimate of drug-likeness (QED) is 0.553. The molecule has 0 unspecified atom stereocenters. The minimum absolute atomic E-state index is 0.212. The summed E-state index contributed by atoms with van der Waals surface area (Å²) in [5.74, 6) is 0. The van der Waals surface area contributed by atoms with Crippen LogP contribution in [-0.2, 0) is 13.1 Å². The number of urea groups is 1. The Morgan fingerprint density at radius 1 is 1.04 bits per heavy atom. The van der Waals surface area contributed by atoms with Gasteiger partial charge in [-0.25, -0.2) is 4.79 Å². The summed E-state index contributed by atoms with van der Waals surface area (Å²) in [4.78, 5) is 12.2. The fourth-order valence-electron chi connectivity index (χ4n) is 2.99. The van der Waals surface area contributed by atoms with Crippen molar-refractivity contribution < 1.29 is 4.79 Å². The molecule has 5 heteroatoms. The van der Waals surface area contributed by atoms with Crippen molar-refractivity contribution in [3.63, 3.8) is 0 Å². The van der Waals surface area contributed by atoms with E-state index in [-0.39, 0.29) is 6.03 Å². The molecule has 2 amide bonds. The van der Waals surface area contributed by atoms with Crippen LogP contribution in [0.1, 0.15) is 27.9 Å². The Morgan fingerprint density at radius 2 is 1.85 bits per heavy atom. The van der Waals surface area contributed by atoms with Gasteiger partial charge in [-0.3, -0.25) is 0 Å². The van der Waals surface area contributed by atoms with Gasteiger partial charge in [-0.1, -0.05) is 39.7 Å². The van der Waals surface area contributed by atoms with Gasteiger partial charge in [0.25, 0.3) is 0 Å². The molecular formula is C22H24BrN3O. The molecule has 3 aromatic rings. The number of anilines is 1. The molecule has 27 heavy (non-hydrogen) atoms. The SMILES string of the molecule is Cc1ccc(C)c(Cn2cccc2CNC(=O)Nc2ccc(Br)c(C)c2)c1. The van der Waals surface area contributed by atoms with E-state index in [1.54, 1.807) is 0 Å². The summed E-state index contributed by atoms with van der Waals surface area (Å²) in [6.07, 6.45) is 2.05. The predicted molar refractivity (Wildman–Crippen MR) is 114 cm³/mol. The van der Waals surface area contributed by atoms with E-state index in [1.807, 2.05) is 37.3 Å². The van der Waals surface area contributed by atoms with Gasteiger partial charge in [0, 0.05) is 28.6 Å². The molecule has 4 nitrogen and oxygen atoms in total. The zero-order valence-corrected chi connectivity index (χ0v) is 17.4. The van der Waals surface area contributed by atoms with E-state index in [1.165, 1.54) is 16.7 Å². The van der Waals surface area contributed by atoms with Crippen molar-refractivity contribution in [2.75, 3.05) is 5.32 Å². The summed E-state index contributed by atoms with van der Waals surface area (Å²) in [6.45, 7) is 7.50. The van der Waals surface area contributed by atoms with Crippen LogP contribution < -0.4 is 10.6 Å². The molecule has 2 aromatic carbocycles. The predicted octanol–water partition coefficient (Wildman–Crippen LogP) is 5.55. The highest BCUT2D eigenvalue weighted by molar-refractivity contribution is 9.10. The topological polar surface area (TPSA) is 46.1 Å². The summed E-state index contributed by atoms with van der Waals surface area (Å²) >= 11 is 3.47. The number of carbonyl (C=O) groups excluding carboxylic acids is 1. The molecule has 0 atom stereocenters. The number of amides is 2. The van der Waals surface area contributed by atoms with E-state index in [9.17, 15) is 4.79 Å². The van der Waals surface area contributed by atoms with Gasteiger partial charge in [0.15, 0.2) is 0 Å². The highest BCUT2D eigenvalue weighted by Crippen LogP contribution is 2.20. The average molecular weight is 426 g/mol. The number of nitrogens with zero attached hydrogens (tertiary/aromatic N) is 1. The summed E-state index contributed by atoms with van der Waals surface area (Å²) in [5, 5.41) is 5.82. The standard InChI is InChI=1S/C22H24BrN3O/c1-15-6-7-16(2)18(11-15)14-26-10-4-5-20(26)13-24-22(27)25-19-8-9-21(23)17(3)12-19/h4-12H,13-14H2,1-3H3,(H2,24,25,27). The van der Waals surface area contributed by atoms with Gasteiger partial charge >= 0.3 is 6.03 Å². The lowest BCUT2D eigenvalue weighted by molar-refractivity contribution is 0.251. The van der Waals surface area contributed by atoms with Crippen molar-refractivity contribution in [3.8, 4) is 0 Å². The molecule has 3 rings (SSSR count). The van der Waals surface area contributed by atoms with Gasteiger partial charge in [0.2, 0.25) is 0 Å². The molecule has 0 aliphatic carbocycles. The van der Waals surface area contributed by atoms with Crippen LogP contribution in [0.25, 0.3) is 0 Å². The fraction of sp³-hybridized carbons (Fsp3) is 0.227. The zero-order valence-electron chi connectivity index (χ0n) is 15.8. The van der Waals surface area contributed by atoms with Crippen LogP contribution in [0, 0.1) is 20.8 Å². The molecular weight excluding hydrogens is 402 g/mol. The fourth-order valence-corrected chi connectivity index (χ4v) is 3.23. The van der Waals surface area contributed by atoms with Crippen molar-refractivity contribution in [3.05, 3.63) is 87.1 Å². The lowest BCUT2D eigenvalue weighted by atomic mass is 10.1. The Balaban J connectivity index is 1.62. The summed E-state index contributed by atoms with van der Waals surface area (Å²) in [5.41, 5.74) is 6.75. The minimum Gasteiger partial charge on any atom is -0.345 e. The van der Waals surface area contributed by atoms with Crippen molar-refractivity contribution in [1.29, 1.82) is 0 Å². The maximum absolute atomic E-state index is 12.2. The summed E-state index contributed by atoms with van der Waals surface area (Å²) in [7, 11) is 0. The van der Waals surface area contributed by atoms with Crippen molar-refractivity contribution in [2.45, 2.75) is 33.9 Å². The summed E-state index contributed by atoms with van der Waals surface area (Å²) in [6, 6.07) is 16.1. The highest BCUT2D eigenvalue weighted by Gasteiger charge is 2.07. The number of hydrogen-bond acceptors (Lipinski definition) is 1. The molecule has 0 aliphatic heterocycles. The first-order valence-corrected chi connectivity index (χ1v) is 9.73. The van der Waals surface area contributed by atoms with E-state index in [0.717, 1.165) is 28.0 Å². The Bertz CT molecular complexity index is 962. The van der Waals surface area contributed by atoms with Crippen LogP contribution in [0.2, 0.25) is 0 Å². The van der Waals surface area contributed by atoms with E-state index < -0.39 is 0 Å². The van der Waals surface area contributed by atoms with Gasteiger partial charge in [-0.15, -0.1) is 0 Å². The molecule has 0 saturated heterocycles. The average Bonchev–Trinajstić information content (AvgIpc) is 3.07. The van der Waals surface area contributed by atoms with E-state index in [2.05, 4.69) is 69.4 Å². The Morgan fingerprint density at radius 3 is 2.63 bits per heavy atom. The Labute approximate surface area is 168 Å². The maximum Gasteiger partial charge on any atom is 0.319 e. The van der Waals surface area contributed by atoms with Gasteiger partial charge in [-0.05, 0) is 67.8 Å². The lowest BCUT2D eigenvalue weighted by Crippen LogP contribution is -2.29. The number of nitrogens with one attached hydrogen (secondary N) is 2. The number of aryl methyl sites for hydroxylation is 3. The van der Waals surface area contributed by atoms with Gasteiger partial charge in [-0.2, -0.15) is 0 Å². The first-order valence-electron chi connectivity index (χ1n) is 8.93. The molecule has 1 heterocycles. The van der Waals surface area contributed by atoms with E-state index in [0.29, 0.717) is 6.54 Å². The van der Waals surface area contributed by atoms with Crippen LogP contribution in [0.3, 0.4) is 0 Å². The van der Waals surface area contributed by atoms with Gasteiger partial charge in [0.1, 0.15) is 0 Å². The van der Waals surface area contributed by atoms with Crippen molar-refractivity contribution in [2.24, 2.45) is 0 Å². The van der Waals surface area contributed by atoms with Crippen LogP contribution in [0.5, 0.6) is 0 Å². The number of rotatable bonds is 5. The maximum atomic E-state index is 12.2. The largest absolute Gasteiger partial charge is 0.345 e. The minimum atomic E-state index is -0.212. The molecule has 1 aromatic heterocycles. The number of carbonyl (C=O) groups is 1. The number of aromatic nitrogens is 1. The summed E-state index contributed by atoms with van der Waals surface area (Å²) < 4.78 is 3.20. The third-order valence-electron chi connectivity index (χ3n) is 4.61. The van der Waals surface area contributed by atoms with E-state index >= 15 is 0 Å². The van der Waals surface area contributed by atoms with Crippen molar-refractivity contribution in [1.82, 2.24) is 9.88 Å². The van der Waals surface area contributed by atoms with Crippen LogP contribution >= 0.6 is 15.9 Å². The molecule has 0 aliphatic rings. The highest BCUT2D eigenvalue weighted by atomic mass is 79.9. The molecule has 0 bridgehead atoms. The molecule has 2 N–H and O–H groups in total. The first kappa shape index (κ1) is 19.2. The Kier molecular flexibility index (Phi) is 6.01. The smallest absolute Gasteiger partial charge is 0.319 e. The second kappa shape index (κ2) is 8.44. The van der Waals surface area contributed by atoms with Gasteiger partial charge in [0.05, 0.1) is 6.54 Å². The third kappa shape index (κ3) is 5.01.